The van der Waals surface area contributed by atoms with E-state index in [1.807, 2.05) is 24.4 Å². The third kappa shape index (κ3) is 3.86. The molecule has 0 radical (unpaired) electrons. The molecule has 1 N–H and O–H groups in total. The topological polar surface area (TPSA) is 40.5 Å². The summed E-state index contributed by atoms with van der Waals surface area (Å²) in [6.45, 7) is 3.80. The van der Waals surface area contributed by atoms with Gasteiger partial charge in [0, 0.05) is 25.2 Å². The average molecular weight is 273 g/mol. The van der Waals surface area contributed by atoms with Gasteiger partial charge in [0.2, 0.25) is 0 Å². The summed E-state index contributed by atoms with van der Waals surface area (Å²) in [7, 11) is 0. The summed E-state index contributed by atoms with van der Waals surface area (Å²) in [6.07, 6.45) is 6.29. The summed E-state index contributed by atoms with van der Waals surface area (Å²) in [6, 6.07) is 10.2. The maximum absolute atomic E-state index is 11.3. The molecule has 0 amide bonds. The zero-order valence-corrected chi connectivity index (χ0v) is 12.1. The first-order valence-corrected chi connectivity index (χ1v) is 7.43. The highest BCUT2D eigenvalue weighted by Crippen LogP contribution is 2.28. The summed E-state index contributed by atoms with van der Waals surface area (Å²) in [5.41, 5.74) is 1.81. The number of unbranched alkanes of at least 4 members (excludes halogenated alkanes) is 2. The van der Waals surface area contributed by atoms with Crippen LogP contribution in [0.4, 0.5) is 0 Å². The molecule has 0 saturated heterocycles. The molecule has 0 aromatic heterocycles. The first-order chi connectivity index (χ1) is 9.70. The van der Waals surface area contributed by atoms with Crippen molar-refractivity contribution in [2.75, 3.05) is 6.54 Å². The van der Waals surface area contributed by atoms with Gasteiger partial charge in [0.1, 0.15) is 0 Å². The number of aliphatic carboxylic acids is 1. The Morgan fingerprint density at radius 2 is 2.05 bits per heavy atom. The highest BCUT2D eigenvalue weighted by Gasteiger charge is 2.28. The molecule has 20 heavy (non-hydrogen) atoms. The maximum atomic E-state index is 11.3. The zero-order valence-electron chi connectivity index (χ0n) is 12.1. The lowest BCUT2D eigenvalue weighted by Crippen LogP contribution is -2.19. The average Bonchev–Trinajstić information content (AvgIpc) is 2.83. The Labute approximate surface area is 120 Å². The Morgan fingerprint density at radius 3 is 2.70 bits per heavy atom. The number of carboxylic acids is 1. The Bertz CT molecular complexity index is 467. The third-order valence-corrected chi connectivity index (χ3v) is 3.85. The van der Waals surface area contributed by atoms with Crippen molar-refractivity contribution < 1.29 is 9.90 Å². The zero-order chi connectivity index (χ0) is 14.4. The number of rotatable bonds is 7. The van der Waals surface area contributed by atoms with Gasteiger partial charge in [0.15, 0.2) is 0 Å². The molecule has 1 aliphatic rings. The van der Waals surface area contributed by atoms with Crippen molar-refractivity contribution in [1.29, 1.82) is 0 Å². The highest BCUT2D eigenvalue weighted by molar-refractivity contribution is 5.87. The van der Waals surface area contributed by atoms with E-state index < -0.39 is 5.97 Å². The summed E-state index contributed by atoms with van der Waals surface area (Å²) in [5.74, 6) is -0.579. The van der Waals surface area contributed by atoms with E-state index in [1.54, 1.807) is 0 Å². The maximum Gasteiger partial charge on any atom is 0.333 e. The van der Waals surface area contributed by atoms with Gasteiger partial charge < -0.3 is 10.0 Å². The number of hydrogen-bond acceptors (Lipinski definition) is 2. The molecule has 1 unspecified atom stereocenters. The second kappa shape index (κ2) is 7.13. The van der Waals surface area contributed by atoms with E-state index in [2.05, 4.69) is 24.0 Å². The molecule has 0 aliphatic carbocycles. The number of benzene rings is 1. The first kappa shape index (κ1) is 14.6. The summed E-state index contributed by atoms with van der Waals surface area (Å²) in [4.78, 5) is 13.5. The quantitative estimate of drug-likeness (QED) is 0.771. The van der Waals surface area contributed by atoms with Crippen LogP contribution in [-0.2, 0) is 11.3 Å². The van der Waals surface area contributed by atoms with Gasteiger partial charge in [-0.2, -0.15) is 0 Å². The molecular formula is C17H23NO2. The Balaban J connectivity index is 1.97. The molecule has 1 aromatic carbocycles. The van der Waals surface area contributed by atoms with Crippen LogP contribution in [0.25, 0.3) is 0 Å². The highest BCUT2D eigenvalue weighted by atomic mass is 16.4. The van der Waals surface area contributed by atoms with Crippen LogP contribution < -0.4 is 0 Å². The van der Waals surface area contributed by atoms with Gasteiger partial charge in [-0.05, 0) is 12.0 Å². The Morgan fingerprint density at radius 1 is 1.30 bits per heavy atom. The molecule has 2 rings (SSSR count). The Hall–Kier alpha value is -1.77. The number of nitrogens with zero attached hydrogens (tertiary/aromatic N) is 1. The van der Waals surface area contributed by atoms with Gasteiger partial charge in [0.05, 0.1) is 5.57 Å². The van der Waals surface area contributed by atoms with Crippen molar-refractivity contribution in [2.24, 2.45) is 5.92 Å². The van der Waals surface area contributed by atoms with Crippen LogP contribution in [0.3, 0.4) is 0 Å². The van der Waals surface area contributed by atoms with E-state index in [0.29, 0.717) is 5.57 Å². The minimum Gasteiger partial charge on any atom is -0.478 e. The van der Waals surface area contributed by atoms with Crippen molar-refractivity contribution in [3.05, 3.63) is 47.7 Å². The fourth-order valence-corrected chi connectivity index (χ4v) is 2.78. The van der Waals surface area contributed by atoms with Crippen LogP contribution in [-0.4, -0.2) is 22.5 Å². The number of carbonyl (C=O) groups is 1. The van der Waals surface area contributed by atoms with Gasteiger partial charge in [-0.3, -0.25) is 0 Å². The molecule has 1 atom stereocenters. The van der Waals surface area contributed by atoms with Crippen LogP contribution in [0, 0.1) is 5.92 Å². The lowest BCUT2D eigenvalue weighted by atomic mass is 9.95. The molecule has 3 heteroatoms. The van der Waals surface area contributed by atoms with Gasteiger partial charge >= 0.3 is 5.97 Å². The minimum absolute atomic E-state index is 0.183. The smallest absolute Gasteiger partial charge is 0.333 e. The van der Waals surface area contributed by atoms with Crippen LogP contribution in [0.1, 0.15) is 38.2 Å². The molecular weight excluding hydrogens is 250 g/mol. The Kier molecular flexibility index (Phi) is 5.22. The van der Waals surface area contributed by atoms with E-state index in [4.69, 9.17) is 0 Å². The van der Waals surface area contributed by atoms with Gasteiger partial charge in [-0.25, -0.2) is 4.79 Å². The van der Waals surface area contributed by atoms with Crippen molar-refractivity contribution in [3.8, 4) is 0 Å². The first-order valence-electron chi connectivity index (χ1n) is 7.43. The molecule has 1 heterocycles. The second-order valence-corrected chi connectivity index (χ2v) is 5.50. The number of carboxylic acid groups (broad SMARTS) is 1. The summed E-state index contributed by atoms with van der Waals surface area (Å²) < 4.78 is 0. The second-order valence-electron chi connectivity index (χ2n) is 5.50. The molecule has 3 nitrogen and oxygen atoms in total. The van der Waals surface area contributed by atoms with Crippen LogP contribution in [0.15, 0.2) is 42.1 Å². The molecule has 1 aliphatic heterocycles. The van der Waals surface area contributed by atoms with Crippen LogP contribution in [0.5, 0.6) is 0 Å². The molecule has 0 fully saturated rings. The lowest BCUT2D eigenvalue weighted by Gasteiger charge is -2.18. The fraction of sp³-hybridized carbons (Fsp3) is 0.471. The van der Waals surface area contributed by atoms with E-state index in [9.17, 15) is 9.90 Å². The predicted molar refractivity (Wildman–Crippen MR) is 80.2 cm³/mol. The molecule has 0 spiro atoms. The van der Waals surface area contributed by atoms with E-state index >= 15 is 0 Å². The van der Waals surface area contributed by atoms with E-state index in [0.717, 1.165) is 25.9 Å². The van der Waals surface area contributed by atoms with Crippen molar-refractivity contribution >= 4 is 5.97 Å². The summed E-state index contributed by atoms with van der Waals surface area (Å²) in [5, 5.41) is 9.33. The van der Waals surface area contributed by atoms with E-state index in [1.165, 1.54) is 18.4 Å². The SMILES string of the molecule is CCCCCC1CN(Cc2ccccc2)C=C1C(=O)O. The van der Waals surface area contributed by atoms with E-state index in [-0.39, 0.29) is 5.92 Å². The molecule has 1 aromatic rings. The lowest BCUT2D eigenvalue weighted by molar-refractivity contribution is -0.133. The van der Waals surface area contributed by atoms with Gasteiger partial charge in [0.25, 0.3) is 0 Å². The van der Waals surface area contributed by atoms with Gasteiger partial charge in [-0.1, -0.05) is 56.5 Å². The molecule has 0 saturated carbocycles. The van der Waals surface area contributed by atoms with Crippen molar-refractivity contribution in [3.63, 3.8) is 0 Å². The fourth-order valence-electron chi connectivity index (χ4n) is 2.78. The standard InChI is InChI=1S/C17H23NO2/c1-2-3-5-10-15-12-18(13-16(15)17(19)20)11-14-8-6-4-7-9-14/h4,6-9,13,15H,2-3,5,10-12H2,1H3,(H,19,20). The molecule has 108 valence electrons. The monoisotopic (exact) mass is 273 g/mol. The largest absolute Gasteiger partial charge is 0.478 e. The number of hydrogen-bond donors (Lipinski definition) is 1. The van der Waals surface area contributed by atoms with Crippen LogP contribution in [0.2, 0.25) is 0 Å². The third-order valence-electron chi connectivity index (χ3n) is 3.85. The van der Waals surface area contributed by atoms with Crippen molar-refractivity contribution in [2.45, 2.75) is 39.2 Å². The summed E-state index contributed by atoms with van der Waals surface area (Å²) >= 11 is 0. The van der Waals surface area contributed by atoms with Crippen molar-refractivity contribution in [1.82, 2.24) is 4.90 Å². The van der Waals surface area contributed by atoms with Crippen LogP contribution >= 0.6 is 0 Å². The molecule has 0 bridgehead atoms. The van der Waals surface area contributed by atoms with Gasteiger partial charge in [-0.15, -0.1) is 0 Å². The minimum atomic E-state index is -0.762. The normalized spacial score (nSPS) is 18.1. The predicted octanol–water partition coefficient (Wildman–Crippen LogP) is 3.67.